The SMILES string of the molecule is CCN(CC(N)=O)S(=O)(=O)c1cc(C#N)ccc1Cl. The molecule has 1 aromatic carbocycles. The summed E-state index contributed by atoms with van der Waals surface area (Å²) < 4.78 is 25.5. The van der Waals surface area contributed by atoms with Crippen LogP contribution in [0.25, 0.3) is 0 Å². The Balaban J connectivity index is 3.33. The van der Waals surface area contributed by atoms with Crippen molar-refractivity contribution in [3.63, 3.8) is 0 Å². The lowest BCUT2D eigenvalue weighted by Crippen LogP contribution is -2.38. The summed E-state index contributed by atoms with van der Waals surface area (Å²) in [5.41, 5.74) is 5.17. The van der Waals surface area contributed by atoms with E-state index in [9.17, 15) is 13.2 Å². The maximum absolute atomic E-state index is 12.3. The van der Waals surface area contributed by atoms with E-state index in [4.69, 9.17) is 22.6 Å². The van der Waals surface area contributed by atoms with Crippen LogP contribution in [0.5, 0.6) is 0 Å². The van der Waals surface area contributed by atoms with Gasteiger partial charge in [-0.3, -0.25) is 4.79 Å². The van der Waals surface area contributed by atoms with Gasteiger partial charge in [0.15, 0.2) is 0 Å². The van der Waals surface area contributed by atoms with Gasteiger partial charge < -0.3 is 5.73 Å². The minimum atomic E-state index is -3.96. The number of amides is 1. The summed E-state index contributed by atoms with van der Waals surface area (Å²) in [4.78, 5) is 10.7. The monoisotopic (exact) mass is 301 g/mol. The highest BCUT2D eigenvalue weighted by Gasteiger charge is 2.27. The molecule has 0 aliphatic carbocycles. The summed E-state index contributed by atoms with van der Waals surface area (Å²) in [6.07, 6.45) is 0. The molecular weight excluding hydrogens is 290 g/mol. The molecule has 0 aromatic heterocycles. The Morgan fingerprint density at radius 2 is 2.16 bits per heavy atom. The van der Waals surface area contributed by atoms with Crippen molar-refractivity contribution >= 4 is 27.5 Å². The lowest BCUT2D eigenvalue weighted by Gasteiger charge is -2.19. The first-order chi connectivity index (χ1) is 8.82. The van der Waals surface area contributed by atoms with E-state index in [0.717, 1.165) is 4.31 Å². The molecule has 0 radical (unpaired) electrons. The molecule has 0 saturated heterocycles. The van der Waals surface area contributed by atoms with Gasteiger partial charge in [0, 0.05) is 6.54 Å². The van der Waals surface area contributed by atoms with Gasteiger partial charge in [-0.2, -0.15) is 9.57 Å². The highest BCUT2D eigenvalue weighted by molar-refractivity contribution is 7.89. The highest BCUT2D eigenvalue weighted by Crippen LogP contribution is 2.25. The second kappa shape index (κ2) is 6.02. The average molecular weight is 302 g/mol. The van der Waals surface area contributed by atoms with Crippen LogP contribution in [0, 0.1) is 11.3 Å². The Kier molecular flexibility index (Phi) is 4.89. The fraction of sp³-hybridized carbons (Fsp3) is 0.273. The third kappa shape index (κ3) is 3.44. The van der Waals surface area contributed by atoms with Crippen molar-refractivity contribution in [3.05, 3.63) is 28.8 Å². The molecule has 19 heavy (non-hydrogen) atoms. The number of likely N-dealkylation sites (N-methyl/N-ethyl adjacent to an activating group) is 1. The molecule has 6 nitrogen and oxygen atoms in total. The van der Waals surface area contributed by atoms with Crippen molar-refractivity contribution in [2.75, 3.05) is 13.1 Å². The molecule has 0 saturated carbocycles. The lowest BCUT2D eigenvalue weighted by molar-refractivity contribution is -0.118. The van der Waals surface area contributed by atoms with Crippen LogP contribution in [-0.2, 0) is 14.8 Å². The van der Waals surface area contributed by atoms with Crippen LogP contribution in [0.2, 0.25) is 5.02 Å². The molecule has 0 bridgehead atoms. The summed E-state index contributed by atoms with van der Waals surface area (Å²) >= 11 is 5.84. The van der Waals surface area contributed by atoms with E-state index < -0.39 is 22.5 Å². The first-order valence-electron chi connectivity index (χ1n) is 5.31. The minimum Gasteiger partial charge on any atom is -0.369 e. The number of carbonyl (C=O) groups is 1. The Bertz CT molecular complexity index is 637. The zero-order chi connectivity index (χ0) is 14.6. The van der Waals surface area contributed by atoms with E-state index in [-0.39, 0.29) is 22.0 Å². The van der Waals surface area contributed by atoms with Crippen molar-refractivity contribution in [2.24, 2.45) is 5.73 Å². The molecular formula is C11H12ClN3O3S. The smallest absolute Gasteiger partial charge is 0.245 e. The second-order valence-electron chi connectivity index (χ2n) is 3.65. The third-order valence-electron chi connectivity index (χ3n) is 2.36. The summed E-state index contributed by atoms with van der Waals surface area (Å²) in [6.45, 7) is 1.20. The number of nitriles is 1. The second-order valence-corrected chi connectivity index (χ2v) is 5.97. The van der Waals surface area contributed by atoms with Crippen molar-refractivity contribution in [1.82, 2.24) is 4.31 Å². The third-order valence-corrected chi connectivity index (χ3v) is 4.77. The number of halogens is 1. The molecule has 0 heterocycles. The highest BCUT2D eigenvalue weighted by atomic mass is 35.5. The molecule has 102 valence electrons. The Morgan fingerprint density at radius 1 is 1.53 bits per heavy atom. The van der Waals surface area contributed by atoms with Crippen molar-refractivity contribution in [1.29, 1.82) is 5.26 Å². The number of carbonyl (C=O) groups excluding carboxylic acids is 1. The van der Waals surface area contributed by atoms with Gasteiger partial charge in [-0.05, 0) is 18.2 Å². The van der Waals surface area contributed by atoms with Gasteiger partial charge in [0.2, 0.25) is 15.9 Å². The van der Waals surface area contributed by atoms with Crippen molar-refractivity contribution < 1.29 is 13.2 Å². The maximum Gasteiger partial charge on any atom is 0.245 e. The fourth-order valence-corrected chi connectivity index (χ4v) is 3.37. The number of nitrogens with zero attached hydrogens (tertiary/aromatic N) is 2. The molecule has 2 N–H and O–H groups in total. The number of rotatable bonds is 5. The van der Waals surface area contributed by atoms with Crippen LogP contribution in [0.4, 0.5) is 0 Å². The zero-order valence-corrected chi connectivity index (χ0v) is 11.7. The van der Waals surface area contributed by atoms with Crippen molar-refractivity contribution in [3.8, 4) is 6.07 Å². The van der Waals surface area contributed by atoms with Crippen LogP contribution < -0.4 is 5.73 Å². The zero-order valence-electron chi connectivity index (χ0n) is 10.1. The number of benzene rings is 1. The number of hydrogen-bond acceptors (Lipinski definition) is 4. The van der Waals surface area contributed by atoms with Gasteiger partial charge in [0.25, 0.3) is 0 Å². The molecule has 1 rings (SSSR count). The number of sulfonamides is 1. The molecule has 0 fully saturated rings. The predicted molar refractivity (Wildman–Crippen MR) is 69.8 cm³/mol. The Morgan fingerprint density at radius 3 is 2.63 bits per heavy atom. The van der Waals surface area contributed by atoms with Gasteiger partial charge in [-0.15, -0.1) is 0 Å². The van der Waals surface area contributed by atoms with E-state index in [1.54, 1.807) is 6.92 Å². The van der Waals surface area contributed by atoms with Gasteiger partial charge in [0.1, 0.15) is 4.90 Å². The first-order valence-corrected chi connectivity index (χ1v) is 7.12. The number of primary amides is 1. The van der Waals surface area contributed by atoms with Gasteiger partial charge in [0.05, 0.1) is 23.2 Å². The van der Waals surface area contributed by atoms with E-state index in [1.807, 2.05) is 6.07 Å². The van der Waals surface area contributed by atoms with Crippen LogP contribution in [0.1, 0.15) is 12.5 Å². The molecule has 1 aromatic rings. The van der Waals surface area contributed by atoms with E-state index in [0.29, 0.717) is 0 Å². The standard InChI is InChI=1S/C11H12ClN3O3S/c1-2-15(7-11(14)16)19(17,18)10-5-8(6-13)3-4-9(10)12/h3-5H,2,7H2,1H3,(H2,14,16). The summed E-state index contributed by atoms with van der Waals surface area (Å²) in [7, 11) is -3.96. The molecule has 8 heteroatoms. The maximum atomic E-state index is 12.3. The lowest BCUT2D eigenvalue weighted by atomic mass is 10.2. The van der Waals surface area contributed by atoms with Crippen molar-refractivity contribution in [2.45, 2.75) is 11.8 Å². The fourth-order valence-electron chi connectivity index (χ4n) is 1.45. The molecule has 0 aliphatic rings. The van der Waals surface area contributed by atoms with E-state index >= 15 is 0 Å². The Hall–Kier alpha value is -1.62. The van der Waals surface area contributed by atoms with Crippen LogP contribution in [-0.4, -0.2) is 31.7 Å². The largest absolute Gasteiger partial charge is 0.369 e. The normalized spacial score (nSPS) is 11.3. The quantitative estimate of drug-likeness (QED) is 0.864. The molecule has 0 unspecified atom stereocenters. The van der Waals surface area contributed by atoms with Gasteiger partial charge in [-0.1, -0.05) is 18.5 Å². The molecule has 1 amide bonds. The summed E-state index contributed by atoms with van der Waals surface area (Å²) in [5.74, 6) is -0.766. The number of hydrogen-bond donors (Lipinski definition) is 1. The summed E-state index contributed by atoms with van der Waals surface area (Å²) in [5, 5.41) is 8.77. The Labute approximate surface area is 116 Å². The summed E-state index contributed by atoms with van der Waals surface area (Å²) in [6, 6.07) is 5.73. The topological polar surface area (TPSA) is 104 Å². The predicted octanol–water partition coefficient (Wildman–Crippen LogP) is 0.708. The van der Waals surface area contributed by atoms with Gasteiger partial charge >= 0.3 is 0 Å². The first kappa shape index (κ1) is 15.4. The minimum absolute atomic E-state index is 0.0121. The number of nitrogens with two attached hydrogens (primary N) is 1. The van der Waals surface area contributed by atoms with Crippen LogP contribution in [0.15, 0.2) is 23.1 Å². The molecule has 0 atom stereocenters. The molecule has 0 aliphatic heterocycles. The van der Waals surface area contributed by atoms with Gasteiger partial charge in [-0.25, -0.2) is 8.42 Å². The van der Waals surface area contributed by atoms with E-state index in [1.165, 1.54) is 18.2 Å². The van der Waals surface area contributed by atoms with Crippen LogP contribution in [0.3, 0.4) is 0 Å². The molecule has 0 spiro atoms. The average Bonchev–Trinajstić information content (AvgIpc) is 2.35. The van der Waals surface area contributed by atoms with E-state index in [2.05, 4.69) is 0 Å². The van der Waals surface area contributed by atoms with Crippen LogP contribution >= 0.6 is 11.6 Å².